The quantitative estimate of drug-likeness (QED) is 0.781. The molecule has 0 bridgehead atoms. The lowest BCUT2D eigenvalue weighted by atomic mass is 10.00. The van der Waals surface area contributed by atoms with Crippen molar-refractivity contribution in [3.63, 3.8) is 0 Å². The average Bonchev–Trinajstić information content (AvgIpc) is 2.69. The molecule has 0 radical (unpaired) electrons. The van der Waals surface area contributed by atoms with E-state index in [1.54, 1.807) is 0 Å². The van der Waals surface area contributed by atoms with Crippen molar-refractivity contribution in [3.8, 4) is 0 Å². The highest BCUT2D eigenvalue weighted by Gasteiger charge is 2.22. The molecule has 1 heterocycles. The Morgan fingerprint density at radius 1 is 1.35 bits per heavy atom. The van der Waals surface area contributed by atoms with E-state index in [1.165, 1.54) is 5.56 Å². The number of hydrogen-bond donors (Lipinski definition) is 1. The Hall–Kier alpha value is -0.800. The van der Waals surface area contributed by atoms with Crippen LogP contribution >= 0.6 is 0 Å². The standard InChI is InChI=1S/C17H32N2O/c1-8-17(5,6)19(7)12-15-9-14(4)16(20-15)11-18-10-13(2)3/h9,13,18H,8,10-12H2,1-7H3. The van der Waals surface area contributed by atoms with Crippen molar-refractivity contribution in [1.29, 1.82) is 0 Å². The first kappa shape index (κ1) is 17.3. The number of furan rings is 1. The fourth-order valence-corrected chi connectivity index (χ4v) is 2.04. The summed E-state index contributed by atoms with van der Waals surface area (Å²) in [7, 11) is 2.16. The fourth-order valence-electron chi connectivity index (χ4n) is 2.04. The zero-order chi connectivity index (χ0) is 15.3. The molecule has 0 aliphatic heterocycles. The summed E-state index contributed by atoms with van der Waals surface area (Å²) in [4.78, 5) is 2.36. The number of nitrogens with zero attached hydrogens (tertiary/aromatic N) is 1. The lowest BCUT2D eigenvalue weighted by Gasteiger charge is -2.34. The first-order valence-corrected chi connectivity index (χ1v) is 7.76. The summed E-state index contributed by atoms with van der Waals surface area (Å²) >= 11 is 0. The summed E-state index contributed by atoms with van der Waals surface area (Å²) < 4.78 is 6.00. The highest BCUT2D eigenvalue weighted by molar-refractivity contribution is 5.20. The van der Waals surface area contributed by atoms with Crippen LogP contribution in [0.3, 0.4) is 0 Å². The zero-order valence-corrected chi connectivity index (χ0v) is 14.3. The molecular weight excluding hydrogens is 248 g/mol. The molecule has 0 amide bonds. The number of aryl methyl sites for hydroxylation is 1. The minimum absolute atomic E-state index is 0.205. The highest BCUT2D eigenvalue weighted by Crippen LogP contribution is 2.22. The third kappa shape index (κ3) is 4.95. The second-order valence-electron chi connectivity index (χ2n) is 6.87. The molecule has 0 atom stereocenters. The van der Waals surface area contributed by atoms with Crippen LogP contribution in [0.5, 0.6) is 0 Å². The first-order chi connectivity index (χ1) is 9.26. The zero-order valence-electron chi connectivity index (χ0n) is 14.3. The van der Waals surface area contributed by atoms with E-state index in [0.717, 1.165) is 37.6 Å². The molecule has 0 fully saturated rings. The largest absolute Gasteiger partial charge is 0.463 e. The van der Waals surface area contributed by atoms with Gasteiger partial charge in [-0.1, -0.05) is 20.8 Å². The van der Waals surface area contributed by atoms with E-state index in [0.29, 0.717) is 5.92 Å². The minimum atomic E-state index is 0.205. The maximum atomic E-state index is 6.00. The van der Waals surface area contributed by atoms with Gasteiger partial charge < -0.3 is 9.73 Å². The molecular formula is C17H32N2O. The van der Waals surface area contributed by atoms with Gasteiger partial charge in [-0.15, -0.1) is 0 Å². The van der Waals surface area contributed by atoms with Crippen molar-refractivity contribution in [2.75, 3.05) is 13.6 Å². The molecule has 0 spiro atoms. The van der Waals surface area contributed by atoms with Crippen LogP contribution in [0, 0.1) is 12.8 Å². The topological polar surface area (TPSA) is 28.4 Å². The maximum Gasteiger partial charge on any atom is 0.120 e. The summed E-state index contributed by atoms with van der Waals surface area (Å²) in [6, 6.07) is 2.18. The van der Waals surface area contributed by atoms with E-state index in [9.17, 15) is 0 Å². The van der Waals surface area contributed by atoms with Gasteiger partial charge in [-0.25, -0.2) is 0 Å². The molecule has 0 aromatic carbocycles. The van der Waals surface area contributed by atoms with Crippen molar-refractivity contribution in [2.24, 2.45) is 5.92 Å². The monoisotopic (exact) mass is 280 g/mol. The van der Waals surface area contributed by atoms with Crippen LogP contribution in [-0.2, 0) is 13.1 Å². The van der Waals surface area contributed by atoms with Crippen molar-refractivity contribution in [2.45, 2.75) is 66.6 Å². The first-order valence-electron chi connectivity index (χ1n) is 7.76. The number of rotatable bonds is 8. The second kappa shape index (κ2) is 7.28. The molecule has 1 aromatic heterocycles. The minimum Gasteiger partial charge on any atom is -0.463 e. The van der Waals surface area contributed by atoms with Crippen LogP contribution in [0.1, 0.15) is 58.1 Å². The Kier molecular flexibility index (Phi) is 6.28. The van der Waals surface area contributed by atoms with E-state index in [4.69, 9.17) is 4.42 Å². The number of hydrogen-bond acceptors (Lipinski definition) is 3. The summed E-state index contributed by atoms with van der Waals surface area (Å²) in [5.41, 5.74) is 1.45. The van der Waals surface area contributed by atoms with Crippen molar-refractivity contribution in [3.05, 3.63) is 23.2 Å². The molecule has 1 aromatic rings. The smallest absolute Gasteiger partial charge is 0.120 e. The van der Waals surface area contributed by atoms with E-state index < -0.39 is 0 Å². The number of nitrogens with one attached hydrogen (secondary N) is 1. The Morgan fingerprint density at radius 2 is 2.00 bits per heavy atom. The Morgan fingerprint density at radius 3 is 2.55 bits per heavy atom. The van der Waals surface area contributed by atoms with Gasteiger partial charge in [0.15, 0.2) is 0 Å². The molecule has 0 saturated carbocycles. The summed E-state index contributed by atoms with van der Waals surface area (Å²) in [5.74, 6) is 2.80. The Bertz CT molecular complexity index is 407. The predicted octanol–water partition coefficient (Wildman–Crippen LogP) is 3.95. The highest BCUT2D eigenvalue weighted by atomic mass is 16.3. The third-order valence-corrected chi connectivity index (χ3v) is 4.20. The molecule has 20 heavy (non-hydrogen) atoms. The normalized spacial score (nSPS) is 12.7. The van der Waals surface area contributed by atoms with Crippen LogP contribution in [-0.4, -0.2) is 24.0 Å². The molecule has 1 rings (SSSR count). The molecule has 0 aliphatic rings. The molecule has 0 aliphatic carbocycles. The summed E-state index contributed by atoms with van der Waals surface area (Å²) in [5, 5.41) is 3.44. The molecule has 0 unspecified atom stereocenters. The van der Waals surface area contributed by atoms with Crippen molar-refractivity contribution in [1.82, 2.24) is 10.2 Å². The molecule has 116 valence electrons. The van der Waals surface area contributed by atoms with Crippen LogP contribution in [0.2, 0.25) is 0 Å². The van der Waals surface area contributed by atoms with Gasteiger partial charge in [-0.3, -0.25) is 4.90 Å². The average molecular weight is 280 g/mol. The predicted molar refractivity (Wildman–Crippen MR) is 85.8 cm³/mol. The SMILES string of the molecule is CCC(C)(C)N(C)Cc1cc(C)c(CNCC(C)C)o1. The van der Waals surface area contributed by atoms with E-state index >= 15 is 0 Å². The summed E-state index contributed by atoms with van der Waals surface area (Å²) in [6.07, 6.45) is 1.13. The molecule has 0 saturated heterocycles. The van der Waals surface area contributed by atoms with Gasteiger partial charge in [-0.05, 0) is 58.3 Å². The van der Waals surface area contributed by atoms with Gasteiger partial charge in [0.05, 0.1) is 13.1 Å². The Labute approximate surface area is 124 Å². The van der Waals surface area contributed by atoms with Gasteiger partial charge in [-0.2, -0.15) is 0 Å². The van der Waals surface area contributed by atoms with Crippen LogP contribution in [0.15, 0.2) is 10.5 Å². The van der Waals surface area contributed by atoms with Crippen molar-refractivity contribution >= 4 is 0 Å². The Balaban J connectivity index is 2.61. The molecule has 1 N–H and O–H groups in total. The summed E-state index contributed by atoms with van der Waals surface area (Å²) in [6.45, 7) is 16.1. The fraction of sp³-hybridized carbons (Fsp3) is 0.765. The third-order valence-electron chi connectivity index (χ3n) is 4.20. The van der Waals surface area contributed by atoms with E-state index in [2.05, 4.69) is 64.9 Å². The van der Waals surface area contributed by atoms with Crippen LogP contribution in [0.25, 0.3) is 0 Å². The lowest BCUT2D eigenvalue weighted by molar-refractivity contribution is 0.132. The molecule has 3 nitrogen and oxygen atoms in total. The van der Waals surface area contributed by atoms with E-state index in [1.807, 2.05) is 0 Å². The lowest BCUT2D eigenvalue weighted by Crippen LogP contribution is -2.39. The van der Waals surface area contributed by atoms with Gasteiger partial charge in [0, 0.05) is 5.54 Å². The van der Waals surface area contributed by atoms with Gasteiger partial charge in [0.2, 0.25) is 0 Å². The van der Waals surface area contributed by atoms with Gasteiger partial charge >= 0.3 is 0 Å². The van der Waals surface area contributed by atoms with E-state index in [-0.39, 0.29) is 5.54 Å². The van der Waals surface area contributed by atoms with Crippen LogP contribution < -0.4 is 5.32 Å². The second-order valence-corrected chi connectivity index (χ2v) is 6.87. The molecule has 3 heteroatoms. The maximum absolute atomic E-state index is 6.00. The van der Waals surface area contributed by atoms with Crippen molar-refractivity contribution < 1.29 is 4.42 Å². The van der Waals surface area contributed by atoms with Crippen LogP contribution in [0.4, 0.5) is 0 Å². The van der Waals surface area contributed by atoms with Gasteiger partial charge in [0.1, 0.15) is 11.5 Å². The van der Waals surface area contributed by atoms with Gasteiger partial charge in [0.25, 0.3) is 0 Å².